The Balaban J connectivity index is 1.74. The fourth-order valence-electron chi connectivity index (χ4n) is 2.15. The number of aromatic amines is 1. The fraction of sp³-hybridized carbons (Fsp3) is 0.125. The third-order valence-electron chi connectivity index (χ3n) is 3.22. The Bertz CT molecular complexity index is 856. The van der Waals surface area contributed by atoms with Gasteiger partial charge < -0.3 is 0 Å². The summed E-state index contributed by atoms with van der Waals surface area (Å²) in [6.45, 7) is 0. The van der Waals surface area contributed by atoms with E-state index in [1.807, 2.05) is 0 Å². The van der Waals surface area contributed by atoms with Crippen LogP contribution >= 0.6 is 24.0 Å². The molecular formula is C16H13F2N3S2. The highest BCUT2D eigenvalue weighted by atomic mass is 32.2. The number of nitrogens with zero attached hydrogens (tertiary/aromatic N) is 2. The second-order valence-electron chi connectivity index (χ2n) is 4.88. The van der Waals surface area contributed by atoms with Crippen LogP contribution in [0.5, 0.6) is 0 Å². The van der Waals surface area contributed by atoms with Gasteiger partial charge in [-0.05, 0) is 48.1 Å². The van der Waals surface area contributed by atoms with Crippen molar-refractivity contribution in [2.75, 3.05) is 0 Å². The molecule has 0 aliphatic carbocycles. The molecule has 1 aromatic heterocycles. The molecule has 0 saturated carbocycles. The highest BCUT2D eigenvalue weighted by molar-refractivity contribution is 7.97. The standard InChI is InChI=1S/C16H13F2N3S2/c17-12-6-4-11(5-7-12)9-23-10-15-19-20-16(22)21(15)14-3-1-2-13(18)8-14/h1-8H,9-10H2,(H,20,22). The first-order chi connectivity index (χ1) is 11.1. The Hall–Kier alpha value is -1.99. The summed E-state index contributed by atoms with van der Waals surface area (Å²) >= 11 is 6.85. The molecule has 0 spiro atoms. The summed E-state index contributed by atoms with van der Waals surface area (Å²) in [6, 6.07) is 12.6. The van der Waals surface area contributed by atoms with Crippen molar-refractivity contribution in [3.8, 4) is 5.69 Å². The third-order valence-corrected chi connectivity index (χ3v) is 4.49. The van der Waals surface area contributed by atoms with E-state index in [0.717, 1.165) is 11.3 Å². The Labute approximate surface area is 141 Å². The predicted octanol–water partition coefficient (Wildman–Crippen LogP) is 4.64. The maximum Gasteiger partial charge on any atom is 0.199 e. The van der Waals surface area contributed by atoms with Gasteiger partial charge in [0.1, 0.15) is 17.5 Å². The first-order valence-corrected chi connectivity index (χ1v) is 8.44. The zero-order valence-electron chi connectivity index (χ0n) is 12.0. The van der Waals surface area contributed by atoms with Crippen LogP contribution < -0.4 is 0 Å². The lowest BCUT2D eigenvalue weighted by Crippen LogP contribution is -2.01. The Morgan fingerprint density at radius 3 is 2.57 bits per heavy atom. The number of benzene rings is 2. The Kier molecular flexibility index (Phi) is 4.88. The van der Waals surface area contributed by atoms with Gasteiger partial charge in [-0.3, -0.25) is 9.67 Å². The lowest BCUT2D eigenvalue weighted by Gasteiger charge is -2.07. The molecule has 0 unspecified atom stereocenters. The van der Waals surface area contributed by atoms with Crippen LogP contribution in [0.15, 0.2) is 48.5 Å². The van der Waals surface area contributed by atoms with Gasteiger partial charge in [-0.15, -0.1) is 11.8 Å². The van der Waals surface area contributed by atoms with Crippen molar-refractivity contribution in [2.45, 2.75) is 11.5 Å². The molecule has 23 heavy (non-hydrogen) atoms. The van der Waals surface area contributed by atoms with Crippen LogP contribution in [0, 0.1) is 16.4 Å². The van der Waals surface area contributed by atoms with Crippen molar-refractivity contribution in [2.24, 2.45) is 0 Å². The van der Waals surface area contributed by atoms with Crippen LogP contribution in [0.25, 0.3) is 5.69 Å². The van der Waals surface area contributed by atoms with Crippen molar-refractivity contribution in [3.05, 3.63) is 76.3 Å². The van der Waals surface area contributed by atoms with Crippen LogP contribution in [-0.2, 0) is 11.5 Å². The van der Waals surface area contributed by atoms with Gasteiger partial charge in [0.05, 0.1) is 11.4 Å². The molecule has 3 nitrogen and oxygen atoms in total. The Morgan fingerprint density at radius 1 is 1.04 bits per heavy atom. The lowest BCUT2D eigenvalue weighted by atomic mass is 10.2. The van der Waals surface area contributed by atoms with E-state index < -0.39 is 0 Å². The van der Waals surface area contributed by atoms with Gasteiger partial charge in [0.25, 0.3) is 0 Å². The van der Waals surface area contributed by atoms with E-state index in [1.165, 1.54) is 24.3 Å². The van der Waals surface area contributed by atoms with Gasteiger partial charge in [0, 0.05) is 5.75 Å². The molecule has 1 N–H and O–H groups in total. The van der Waals surface area contributed by atoms with Crippen LogP contribution in [-0.4, -0.2) is 14.8 Å². The summed E-state index contributed by atoms with van der Waals surface area (Å²) in [6.07, 6.45) is 0. The minimum Gasteiger partial charge on any atom is -0.271 e. The van der Waals surface area contributed by atoms with Crippen LogP contribution in [0.1, 0.15) is 11.4 Å². The van der Waals surface area contributed by atoms with Crippen molar-refractivity contribution >= 4 is 24.0 Å². The van der Waals surface area contributed by atoms with Crippen molar-refractivity contribution in [3.63, 3.8) is 0 Å². The topological polar surface area (TPSA) is 33.6 Å². The van der Waals surface area contributed by atoms with Crippen LogP contribution in [0.4, 0.5) is 8.78 Å². The number of hydrogen-bond acceptors (Lipinski definition) is 3. The molecule has 3 aromatic rings. The maximum absolute atomic E-state index is 13.4. The van der Waals surface area contributed by atoms with E-state index in [1.54, 1.807) is 40.6 Å². The highest BCUT2D eigenvalue weighted by Gasteiger charge is 2.09. The van der Waals surface area contributed by atoms with Gasteiger partial charge in [-0.25, -0.2) is 8.78 Å². The minimum absolute atomic E-state index is 0.245. The highest BCUT2D eigenvalue weighted by Crippen LogP contribution is 2.20. The number of nitrogens with one attached hydrogen (secondary N) is 1. The summed E-state index contributed by atoms with van der Waals surface area (Å²) < 4.78 is 28.4. The third kappa shape index (κ3) is 3.86. The average molecular weight is 349 g/mol. The molecule has 0 amide bonds. The quantitative estimate of drug-likeness (QED) is 0.681. The number of rotatable bonds is 5. The first kappa shape index (κ1) is 15.9. The zero-order chi connectivity index (χ0) is 16.2. The van der Waals surface area contributed by atoms with E-state index in [4.69, 9.17) is 12.2 Å². The van der Waals surface area contributed by atoms with Gasteiger partial charge in [0.15, 0.2) is 4.77 Å². The van der Waals surface area contributed by atoms with Gasteiger partial charge >= 0.3 is 0 Å². The molecular weight excluding hydrogens is 336 g/mol. The second kappa shape index (κ2) is 7.06. The molecule has 3 rings (SSSR count). The largest absolute Gasteiger partial charge is 0.271 e. The van der Waals surface area contributed by atoms with Gasteiger partial charge in [0.2, 0.25) is 0 Å². The molecule has 2 aromatic carbocycles. The SMILES string of the molecule is Fc1ccc(CSCc2n[nH]c(=S)n2-c2cccc(F)c2)cc1. The normalized spacial score (nSPS) is 10.9. The average Bonchev–Trinajstić information content (AvgIpc) is 2.90. The Morgan fingerprint density at radius 2 is 1.83 bits per heavy atom. The summed E-state index contributed by atoms with van der Waals surface area (Å²) in [4.78, 5) is 0. The molecule has 0 radical (unpaired) electrons. The molecule has 1 heterocycles. The summed E-state index contributed by atoms with van der Waals surface area (Å²) in [5, 5.41) is 6.95. The van der Waals surface area contributed by atoms with E-state index in [0.29, 0.717) is 22.0 Å². The summed E-state index contributed by atoms with van der Waals surface area (Å²) in [7, 11) is 0. The zero-order valence-corrected chi connectivity index (χ0v) is 13.6. The molecule has 0 bridgehead atoms. The fourth-order valence-corrected chi connectivity index (χ4v) is 3.31. The van der Waals surface area contributed by atoms with Crippen molar-refractivity contribution in [1.29, 1.82) is 0 Å². The van der Waals surface area contributed by atoms with Crippen molar-refractivity contribution < 1.29 is 8.78 Å². The number of hydrogen-bond donors (Lipinski definition) is 1. The first-order valence-electron chi connectivity index (χ1n) is 6.88. The van der Waals surface area contributed by atoms with Crippen LogP contribution in [0.3, 0.4) is 0 Å². The monoisotopic (exact) mass is 349 g/mol. The molecule has 7 heteroatoms. The molecule has 0 aliphatic rings. The number of halogens is 2. The number of aromatic nitrogens is 3. The lowest BCUT2D eigenvalue weighted by molar-refractivity contribution is 0.626. The van der Waals surface area contributed by atoms with E-state index in [9.17, 15) is 8.78 Å². The molecule has 118 valence electrons. The second-order valence-corrected chi connectivity index (χ2v) is 6.25. The van der Waals surface area contributed by atoms with Gasteiger partial charge in [-0.2, -0.15) is 5.10 Å². The summed E-state index contributed by atoms with van der Waals surface area (Å²) in [5.74, 6) is 1.47. The van der Waals surface area contributed by atoms with Crippen LogP contribution in [0.2, 0.25) is 0 Å². The maximum atomic E-state index is 13.4. The molecule has 0 fully saturated rings. The molecule has 0 aliphatic heterocycles. The van der Waals surface area contributed by atoms with E-state index in [2.05, 4.69) is 10.2 Å². The molecule has 0 saturated heterocycles. The molecule has 0 atom stereocenters. The minimum atomic E-state index is -0.324. The van der Waals surface area contributed by atoms with Crippen molar-refractivity contribution in [1.82, 2.24) is 14.8 Å². The number of thioether (sulfide) groups is 1. The van der Waals surface area contributed by atoms with Gasteiger partial charge in [-0.1, -0.05) is 18.2 Å². The smallest absolute Gasteiger partial charge is 0.199 e. The predicted molar refractivity (Wildman–Crippen MR) is 90.1 cm³/mol. The number of H-pyrrole nitrogens is 1. The van der Waals surface area contributed by atoms with E-state index >= 15 is 0 Å². The van der Waals surface area contributed by atoms with E-state index in [-0.39, 0.29) is 11.6 Å². The summed E-state index contributed by atoms with van der Waals surface area (Å²) in [5.41, 5.74) is 1.67.